The zero-order valence-electron chi connectivity index (χ0n) is 18.6. The Bertz CT molecular complexity index is 1100. The number of halogens is 3. The summed E-state index contributed by atoms with van der Waals surface area (Å²) in [7, 11) is 1.39. The number of methoxy groups -OCH3 is 1. The summed E-state index contributed by atoms with van der Waals surface area (Å²) in [6.45, 7) is 6.08. The highest BCUT2D eigenvalue weighted by Gasteiger charge is 2.56. The summed E-state index contributed by atoms with van der Waals surface area (Å²) in [6, 6.07) is 6.63. The van der Waals surface area contributed by atoms with Crippen LogP contribution in [0, 0.1) is 0 Å². The standard InChI is InChI=1S/C24H26F3N3O4/c1-4-14(2)21-16(12-28)6-10-20(30-21)23(32,24(25,26)27)13-29-22(31)15-5-9-18(19(11-15)33-3)34-17-7-8-17/h4-6,9-11,17,32H,1-2,7-8,12-13,28H2,3H3,(H,29,31). The van der Waals surface area contributed by atoms with Crippen molar-refractivity contribution in [2.45, 2.75) is 37.3 Å². The maximum absolute atomic E-state index is 14.0. The van der Waals surface area contributed by atoms with E-state index in [9.17, 15) is 23.1 Å². The molecule has 3 rings (SSSR count). The molecule has 4 N–H and O–H groups in total. The number of rotatable bonds is 10. The fourth-order valence-corrected chi connectivity index (χ4v) is 3.18. The minimum absolute atomic E-state index is 0.00105. The SMILES string of the molecule is C=CC(=C)c1nc(C(O)(CNC(=O)c2ccc(OC3CC3)c(OC)c2)C(F)(F)F)ccc1CN. The van der Waals surface area contributed by atoms with Crippen molar-refractivity contribution in [3.63, 3.8) is 0 Å². The number of nitrogens with two attached hydrogens (primary N) is 1. The Morgan fingerprint density at radius 3 is 2.56 bits per heavy atom. The van der Waals surface area contributed by atoms with Crippen molar-refractivity contribution in [1.29, 1.82) is 0 Å². The number of allylic oxidation sites excluding steroid dienone is 2. The van der Waals surface area contributed by atoms with Gasteiger partial charge in [0.25, 0.3) is 5.91 Å². The normalized spacial score (nSPS) is 15.2. The molecule has 1 saturated carbocycles. The van der Waals surface area contributed by atoms with E-state index in [4.69, 9.17) is 15.2 Å². The average Bonchev–Trinajstić information content (AvgIpc) is 3.64. The van der Waals surface area contributed by atoms with E-state index in [0.29, 0.717) is 11.3 Å². The lowest BCUT2D eigenvalue weighted by molar-refractivity contribution is -0.265. The number of alkyl halides is 3. The predicted octanol–water partition coefficient (Wildman–Crippen LogP) is 3.47. The van der Waals surface area contributed by atoms with Gasteiger partial charge in [0.05, 0.1) is 31.1 Å². The van der Waals surface area contributed by atoms with Crippen LogP contribution in [0.4, 0.5) is 13.2 Å². The van der Waals surface area contributed by atoms with Gasteiger partial charge in [-0.2, -0.15) is 13.2 Å². The second kappa shape index (κ2) is 9.86. The van der Waals surface area contributed by atoms with E-state index in [0.717, 1.165) is 18.9 Å². The number of nitrogens with one attached hydrogen (secondary N) is 1. The summed E-state index contributed by atoms with van der Waals surface area (Å²) in [5.41, 5.74) is 2.27. The predicted molar refractivity (Wildman–Crippen MR) is 120 cm³/mol. The van der Waals surface area contributed by atoms with Crippen molar-refractivity contribution in [3.8, 4) is 11.5 Å². The summed E-state index contributed by atoms with van der Waals surface area (Å²) >= 11 is 0. The Kier molecular flexibility index (Phi) is 7.32. The van der Waals surface area contributed by atoms with Gasteiger partial charge in [-0.1, -0.05) is 25.3 Å². The van der Waals surface area contributed by atoms with Gasteiger partial charge in [0.2, 0.25) is 5.60 Å². The van der Waals surface area contributed by atoms with Crippen LogP contribution in [0.15, 0.2) is 49.6 Å². The van der Waals surface area contributed by atoms with Gasteiger partial charge in [-0.3, -0.25) is 4.79 Å². The van der Waals surface area contributed by atoms with Crippen LogP contribution in [0.25, 0.3) is 5.57 Å². The molecule has 34 heavy (non-hydrogen) atoms. The van der Waals surface area contributed by atoms with Crippen molar-refractivity contribution < 1.29 is 32.5 Å². The van der Waals surface area contributed by atoms with Crippen molar-refractivity contribution in [2.24, 2.45) is 5.73 Å². The van der Waals surface area contributed by atoms with Gasteiger partial charge >= 0.3 is 6.18 Å². The average molecular weight is 477 g/mol. The van der Waals surface area contributed by atoms with E-state index in [1.165, 1.54) is 37.5 Å². The number of hydrogen-bond donors (Lipinski definition) is 3. The van der Waals surface area contributed by atoms with E-state index < -0.39 is 29.9 Å². The molecule has 182 valence electrons. The number of aromatic nitrogens is 1. The molecule has 0 radical (unpaired) electrons. The Morgan fingerprint density at radius 2 is 2.00 bits per heavy atom. The second-order valence-corrected chi connectivity index (χ2v) is 7.86. The number of ether oxygens (including phenoxy) is 2. The summed E-state index contributed by atoms with van der Waals surface area (Å²) in [5, 5.41) is 12.8. The van der Waals surface area contributed by atoms with Crippen LogP contribution in [0.5, 0.6) is 11.5 Å². The third-order valence-corrected chi connectivity index (χ3v) is 5.39. The number of pyridine rings is 1. The molecule has 0 bridgehead atoms. The number of hydrogen-bond acceptors (Lipinski definition) is 6. The fraction of sp³-hybridized carbons (Fsp3) is 0.333. The van der Waals surface area contributed by atoms with E-state index in [-0.39, 0.29) is 35.2 Å². The molecule has 1 aromatic heterocycles. The van der Waals surface area contributed by atoms with E-state index in [1.54, 1.807) is 0 Å². The molecule has 10 heteroatoms. The lowest BCUT2D eigenvalue weighted by Gasteiger charge is -2.30. The van der Waals surface area contributed by atoms with Crippen LogP contribution in [0.2, 0.25) is 0 Å². The van der Waals surface area contributed by atoms with Crippen LogP contribution in [0.1, 0.15) is 40.2 Å². The van der Waals surface area contributed by atoms with Gasteiger partial charge in [0.15, 0.2) is 11.5 Å². The molecule has 2 aromatic rings. The van der Waals surface area contributed by atoms with Crippen LogP contribution in [0.3, 0.4) is 0 Å². The Labute approximate surface area is 195 Å². The number of carbonyl (C=O) groups is 1. The molecule has 1 unspecified atom stereocenters. The molecule has 1 aromatic carbocycles. The summed E-state index contributed by atoms with van der Waals surface area (Å²) < 4.78 is 52.9. The molecule has 0 spiro atoms. The first kappa shape index (κ1) is 25.3. The fourth-order valence-electron chi connectivity index (χ4n) is 3.18. The van der Waals surface area contributed by atoms with Crippen LogP contribution >= 0.6 is 0 Å². The van der Waals surface area contributed by atoms with Gasteiger partial charge in [0, 0.05) is 12.1 Å². The minimum Gasteiger partial charge on any atom is -0.493 e. The largest absolute Gasteiger partial charge is 0.493 e. The number of amides is 1. The Balaban J connectivity index is 1.86. The van der Waals surface area contributed by atoms with Crippen molar-refractivity contribution in [3.05, 3.63) is 72.1 Å². The molecule has 1 fully saturated rings. The lowest BCUT2D eigenvalue weighted by Crippen LogP contribution is -2.51. The van der Waals surface area contributed by atoms with E-state index in [2.05, 4.69) is 23.5 Å². The molecule has 1 aliphatic carbocycles. The Hall–Kier alpha value is -3.37. The summed E-state index contributed by atoms with van der Waals surface area (Å²) in [6.07, 6.45) is -1.89. The maximum Gasteiger partial charge on any atom is 0.424 e. The molecule has 1 amide bonds. The molecule has 0 saturated heterocycles. The molecular formula is C24H26F3N3O4. The number of benzene rings is 1. The Morgan fingerprint density at radius 1 is 1.29 bits per heavy atom. The highest BCUT2D eigenvalue weighted by Crippen LogP contribution is 2.39. The molecule has 7 nitrogen and oxygen atoms in total. The molecule has 1 heterocycles. The van der Waals surface area contributed by atoms with Crippen molar-refractivity contribution in [1.82, 2.24) is 10.3 Å². The van der Waals surface area contributed by atoms with Crippen molar-refractivity contribution >= 4 is 11.5 Å². The van der Waals surface area contributed by atoms with Crippen LogP contribution in [-0.4, -0.2) is 41.9 Å². The topological polar surface area (TPSA) is 107 Å². The van der Waals surface area contributed by atoms with Gasteiger partial charge in [-0.05, 0) is 48.2 Å². The van der Waals surface area contributed by atoms with Gasteiger partial charge in [-0.15, -0.1) is 0 Å². The first-order valence-electron chi connectivity index (χ1n) is 10.5. The van der Waals surface area contributed by atoms with E-state index in [1.807, 2.05) is 0 Å². The summed E-state index contributed by atoms with van der Waals surface area (Å²) in [5.74, 6) is -0.127. The third-order valence-electron chi connectivity index (χ3n) is 5.39. The first-order chi connectivity index (χ1) is 16.0. The smallest absolute Gasteiger partial charge is 0.424 e. The van der Waals surface area contributed by atoms with Gasteiger partial charge in [0.1, 0.15) is 0 Å². The number of aliphatic hydroxyl groups is 1. The maximum atomic E-state index is 14.0. The van der Waals surface area contributed by atoms with Crippen LogP contribution in [-0.2, 0) is 12.1 Å². The van der Waals surface area contributed by atoms with Gasteiger partial charge in [-0.25, -0.2) is 4.98 Å². The quantitative estimate of drug-likeness (QED) is 0.453. The zero-order valence-corrected chi connectivity index (χ0v) is 18.6. The monoisotopic (exact) mass is 477 g/mol. The molecule has 1 atom stereocenters. The molecule has 1 aliphatic rings. The number of carbonyl (C=O) groups excluding carboxylic acids is 1. The van der Waals surface area contributed by atoms with Gasteiger partial charge < -0.3 is 25.6 Å². The van der Waals surface area contributed by atoms with E-state index >= 15 is 0 Å². The molecular weight excluding hydrogens is 451 g/mol. The highest BCUT2D eigenvalue weighted by molar-refractivity contribution is 5.95. The zero-order chi connectivity index (χ0) is 25.1. The first-order valence-corrected chi connectivity index (χ1v) is 10.5. The lowest BCUT2D eigenvalue weighted by atomic mass is 9.95. The van der Waals surface area contributed by atoms with Crippen molar-refractivity contribution in [2.75, 3.05) is 13.7 Å². The summed E-state index contributed by atoms with van der Waals surface area (Å²) in [4.78, 5) is 16.6. The molecule has 0 aliphatic heterocycles. The third kappa shape index (κ3) is 5.23. The highest BCUT2D eigenvalue weighted by atomic mass is 19.4. The second-order valence-electron chi connectivity index (χ2n) is 7.86. The van der Waals surface area contributed by atoms with Crippen LogP contribution < -0.4 is 20.5 Å². The minimum atomic E-state index is -5.15. The number of nitrogens with zero attached hydrogens (tertiary/aromatic N) is 1.